The Bertz CT molecular complexity index is 583. The van der Waals surface area contributed by atoms with E-state index in [4.69, 9.17) is 9.47 Å². The maximum Gasteiger partial charge on any atom is 0.191 e. The molecule has 1 saturated heterocycles. The lowest BCUT2D eigenvalue weighted by Crippen LogP contribution is -2.49. The van der Waals surface area contributed by atoms with E-state index in [2.05, 4.69) is 27.4 Å². The minimum atomic E-state index is -0.246. The van der Waals surface area contributed by atoms with Gasteiger partial charge < -0.3 is 20.1 Å². The van der Waals surface area contributed by atoms with Gasteiger partial charge >= 0.3 is 0 Å². The molecule has 0 amide bonds. The van der Waals surface area contributed by atoms with Gasteiger partial charge in [0, 0.05) is 44.9 Å². The van der Waals surface area contributed by atoms with Crippen LogP contribution in [0.2, 0.25) is 0 Å². The third-order valence-electron chi connectivity index (χ3n) is 4.41. The van der Waals surface area contributed by atoms with E-state index in [9.17, 15) is 4.39 Å². The average Bonchev–Trinajstić information content (AvgIpc) is 2.67. The quantitative estimate of drug-likeness (QED) is 0.330. The molecule has 0 bridgehead atoms. The van der Waals surface area contributed by atoms with Gasteiger partial charge in [-0.05, 0) is 31.5 Å². The summed E-state index contributed by atoms with van der Waals surface area (Å²) in [5, 5.41) is 6.66. The molecule has 27 heavy (non-hydrogen) atoms. The second-order valence-electron chi connectivity index (χ2n) is 6.43. The number of guanidine groups is 1. The summed E-state index contributed by atoms with van der Waals surface area (Å²) in [7, 11) is 1.56. The highest BCUT2D eigenvalue weighted by molar-refractivity contribution is 14.0. The number of rotatable bonds is 8. The molecular weight excluding hydrogens is 462 g/mol. The summed E-state index contributed by atoms with van der Waals surface area (Å²) < 4.78 is 24.1. The van der Waals surface area contributed by atoms with Crippen LogP contribution in [-0.4, -0.2) is 63.4 Å². The summed E-state index contributed by atoms with van der Waals surface area (Å²) in [6.07, 6.45) is 0. The molecule has 0 saturated carbocycles. The van der Waals surface area contributed by atoms with Crippen molar-refractivity contribution in [2.45, 2.75) is 33.0 Å². The standard InChI is InChI=1S/C19H31FN4O2.HI/c1-4-21-19(22-12-15(2)24-7-9-26-10-8-24)23-13-16-5-6-18(20)17(11-16)14-25-3;/h5-6,11,15H,4,7-10,12-14H2,1-3H3,(H2,21,22,23);1H. The number of nitrogens with zero attached hydrogens (tertiary/aromatic N) is 2. The number of ether oxygens (including phenoxy) is 2. The first-order valence-electron chi connectivity index (χ1n) is 9.24. The summed E-state index contributed by atoms with van der Waals surface area (Å²) in [4.78, 5) is 7.03. The Morgan fingerprint density at radius 1 is 1.33 bits per heavy atom. The monoisotopic (exact) mass is 494 g/mol. The highest BCUT2D eigenvalue weighted by Crippen LogP contribution is 2.12. The van der Waals surface area contributed by atoms with Gasteiger partial charge in [-0.2, -0.15) is 0 Å². The van der Waals surface area contributed by atoms with Gasteiger partial charge in [0.05, 0.1) is 26.4 Å². The summed E-state index contributed by atoms with van der Waals surface area (Å²) in [5.74, 6) is 0.522. The molecule has 1 heterocycles. The summed E-state index contributed by atoms with van der Waals surface area (Å²) in [5.41, 5.74) is 1.51. The molecule has 1 aromatic carbocycles. The molecule has 0 radical (unpaired) electrons. The van der Waals surface area contributed by atoms with Crippen LogP contribution in [-0.2, 0) is 22.6 Å². The highest BCUT2D eigenvalue weighted by Gasteiger charge is 2.17. The zero-order valence-electron chi connectivity index (χ0n) is 16.5. The summed E-state index contributed by atoms with van der Waals surface area (Å²) in [6, 6.07) is 5.45. The number of morpholine rings is 1. The third-order valence-corrected chi connectivity index (χ3v) is 4.41. The molecule has 1 aromatic rings. The van der Waals surface area contributed by atoms with Crippen LogP contribution in [0.1, 0.15) is 25.0 Å². The number of hydrogen-bond acceptors (Lipinski definition) is 4. The molecule has 2 N–H and O–H groups in total. The van der Waals surface area contributed by atoms with Crippen molar-refractivity contribution >= 4 is 29.9 Å². The lowest BCUT2D eigenvalue weighted by atomic mass is 10.1. The molecule has 6 nitrogen and oxygen atoms in total. The van der Waals surface area contributed by atoms with Crippen molar-refractivity contribution in [3.05, 3.63) is 35.1 Å². The van der Waals surface area contributed by atoms with Crippen LogP contribution in [0.5, 0.6) is 0 Å². The number of halogens is 2. The molecular formula is C19H32FIN4O2. The third kappa shape index (κ3) is 8.28. The first-order chi connectivity index (χ1) is 12.6. The molecule has 0 spiro atoms. The van der Waals surface area contributed by atoms with E-state index in [-0.39, 0.29) is 36.4 Å². The highest BCUT2D eigenvalue weighted by atomic mass is 127. The minimum Gasteiger partial charge on any atom is -0.380 e. The number of hydrogen-bond donors (Lipinski definition) is 2. The first kappa shape index (κ1) is 24.1. The van der Waals surface area contributed by atoms with Crippen LogP contribution >= 0.6 is 24.0 Å². The maximum absolute atomic E-state index is 13.7. The van der Waals surface area contributed by atoms with Crippen LogP contribution in [0.15, 0.2) is 23.2 Å². The zero-order chi connectivity index (χ0) is 18.8. The fourth-order valence-electron chi connectivity index (χ4n) is 2.90. The van der Waals surface area contributed by atoms with Crippen LogP contribution in [0.25, 0.3) is 0 Å². The molecule has 1 atom stereocenters. The Hall–Kier alpha value is -0.970. The van der Waals surface area contributed by atoms with E-state index < -0.39 is 0 Å². The number of nitrogens with one attached hydrogen (secondary N) is 2. The zero-order valence-corrected chi connectivity index (χ0v) is 18.8. The maximum atomic E-state index is 13.7. The van der Waals surface area contributed by atoms with Gasteiger partial charge in [0.1, 0.15) is 5.82 Å². The van der Waals surface area contributed by atoms with Gasteiger partial charge in [-0.1, -0.05) is 6.07 Å². The second-order valence-corrected chi connectivity index (χ2v) is 6.43. The first-order valence-corrected chi connectivity index (χ1v) is 9.24. The lowest BCUT2D eigenvalue weighted by Gasteiger charge is -2.32. The molecule has 2 rings (SSSR count). The molecule has 8 heteroatoms. The molecule has 1 aliphatic heterocycles. The van der Waals surface area contributed by atoms with Crippen molar-refractivity contribution in [2.75, 3.05) is 46.5 Å². The Labute approximate surface area is 178 Å². The number of methoxy groups -OCH3 is 1. The van der Waals surface area contributed by atoms with Crippen molar-refractivity contribution in [1.29, 1.82) is 0 Å². The second kappa shape index (κ2) is 13.2. The van der Waals surface area contributed by atoms with Crippen molar-refractivity contribution < 1.29 is 13.9 Å². The molecule has 1 fully saturated rings. The Balaban J connectivity index is 0.00000364. The van der Waals surface area contributed by atoms with Crippen molar-refractivity contribution in [3.8, 4) is 0 Å². The summed E-state index contributed by atoms with van der Waals surface area (Å²) >= 11 is 0. The van der Waals surface area contributed by atoms with E-state index in [1.54, 1.807) is 13.2 Å². The smallest absolute Gasteiger partial charge is 0.191 e. The van der Waals surface area contributed by atoms with Crippen molar-refractivity contribution in [3.63, 3.8) is 0 Å². The predicted molar refractivity (Wildman–Crippen MR) is 117 cm³/mol. The van der Waals surface area contributed by atoms with Gasteiger partial charge in [0.25, 0.3) is 0 Å². The largest absolute Gasteiger partial charge is 0.380 e. The fraction of sp³-hybridized carbons (Fsp3) is 0.632. The predicted octanol–water partition coefficient (Wildman–Crippen LogP) is 2.37. The van der Waals surface area contributed by atoms with Gasteiger partial charge in [-0.3, -0.25) is 4.90 Å². The molecule has 154 valence electrons. The summed E-state index contributed by atoms with van der Waals surface area (Å²) in [6.45, 7) is 10.1. The molecule has 1 unspecified atom stereocenters. The fourth-order valence-corrected chi connectivity index (χ4v) is 2.90. The van der Waals surface area contributed by atoms with E-state index >= 15 is 0 Å². The van der Waals surface area contributed by atoms with Gasteiger partial charge in [0.2, 0.25) is 0 Å². The molecule has 0 aromatic heterocycles. The number of benzene rings is 1. The van der Waals surface area contributed by atoms with Crippen molar-refractivity contribution in [2.24, 2.45) is 4.99 Å². The lowest BCUT2D eigenvalue weighted by molar-refractivity contribution is 0.0211. The van der Waals surface area contributed by atoms with Gasteiger partial charge in [0.15, 0.2) is 5.96 Å². The van der Waals surface area contributed by atoms with Crippen LogP contribution in [0.3, 0.4) is 0 Å². The van der Waals surface area contributed by atoms with Crippen LogP contribution < -0.4 is 10.6 Å². The van der Waals surface area contributed by atoms with Gasteiger partial charge in [-0.25, -0.2) is 9.38 Å². The Morgan fingerprint density at radius 3 is 2.74 bits per heavy atom. The molecule has 0 aliphatic carbocycles. The SMILES string of the molecule is CCNC(=NCc1ccc(F)c(COC)c1)NCC(C)N1CCOCC1.I. The van der Waals surface area contributed by atoms with Crippen molar-refractivity contribution in [1.82, 2.24) is 15.5 Å². The Kier molecular flexibility index (Phi) is 11.8. The average molecular weight is 494 g/mol. The van der Waals surface area contributed by atoms with E-state index in [1.807, 2.05) is 13.0 Å². The van der Waals surface area contributed by atoms with E-state index in [0.717, 1.165) is 50.9 Å². The normalized spacial score (nSPS) is 16.5. The van der Waals surface area contributed by atoms with Gasteiger partial charge in [-0.15, -0.1) is 24.0 Å². The Morgan fingerprint density at radius 2 is 2.07 bits per heavy atom. The number of aliphatic imine (C=N–C) groups is 1. The topological polar surface area (TPSA) is 58.1 Å². The van der Waals surface area contributed by atoms with Crippen LogP contribution in [0.4, 0.5) is 4.39 Å². The van der Waals surface area contributed by atoms with Crippen LogP contribution in [0, 0.1) is 5.82 Å². The molecule has 1 aliphatic rings. The van der Waals surface area contributed by atoms with E-state index in [0.29, 0.717) is 18.2 Å². The van der Waals surface area contributed by atoms with E-state index in [1.165, 1.54) is 6.07 Å². The minimum absolute atomic E-state index is 0.